The molecule has 6 heteroatoms. The lowest BCUT2D eigenvalue weighted by Gasteiger charge is -2.20. The van der Waals surface area contributed by atoms with Crippen LogP contribution in [0.15, 0.2) is 18.2 Å². The predicted octanol–water partition coefficient (Wildman–Crippen LogP) is 0.979. The number of carbonyl (C=O) groups excluding carboxylic acids is 3. The van der Waals surface area contributed by atoms with Crippen LogP contribution in [0.1, 0.15) is 24.0 Å². The van der Waals surface area contributed by atoms with E-state index < -0.39 is 6.04 Å². The highest BCUT2D eigenvalue weighted by Gasteiger charge is 2.29. The zero-order chi connectivity index (χ0) is 16.3. The molecule has 0 saturated carbocycles. The topological polar surface area (TPSA) is 78.5 Å². The number of benzene rings is 1. The number of likely N-dealkylation sites (N-methyl/N-ethyl adjacent to an activating group) is 1. The molecule has 0 aliphatic carbocycles. The highest BCUT2D eigenvalue weighted by molar-refractivity contribution is 5.97. The fourth-order valence-corrected chi connectivity index (χ4v) is 2.43. The summed E-state index contributed by atoms with van der Waals surface area (Å²) in [6, 6.07) is 5.18. The maximum absolute atomic E-state index is 12.1. The molecule has 1 aromatic carbocycles. The normalized spacial score (nSPS) is 17.0. The van der Waals surface area contributed by atoms with E-state index in [-0.39, 0.29) is 24.3 Å². The smallest absolute Gasteiger partial charge is 0.245 e. The molecule has 1 heterocycles. The molecule has 1 atom stereocenters. The second kappa shape index (κ2) is 6.60. The van der Waals surface area contributed by atoms with Crippen molar-refractivity contribution in [1.29, 1.82) is 0 Å². The molecule has 2 rings (SSSR count). The van der Waals surface area contributed by atoms with Crippen LogP contribution in [0.3, 0.4) is 0 Å². The number of hydrogen-bond donors (Lipinski definition) is 2. The monoisotopic (exact) mass is 303 g/mol. The van der Waals surface area contributed by atoms with Gasteiger partial charge in [-0.1, -0.05) is 12.1 Å². The minimum absolute atomic E-state index is 0.0431. The van der Waals surface area contributed by atoms with E-state index in [0.717, 1.165) is 16.8 Å². The quantitative estimate of drug-likeness (QED) is 0.870. The fraction of sp³-hybridized carbons (Fsp3) is 0.438. The van der Waals surface area contributed by atoms with E-state index in [1.54, 1.807) is 7.05 Å². The minimum atomic E-state index is -0.508. The van der Waals surface area contributed by atoms with Crippen molar-refractivity contribution in [1.82, 2.24) is 10.2 Å². The van der Waals surface area contributed by atoms with Gasteiger partial charge in [0.05, 0.1) is 6.54 Å². The molecule has 22 heavy (non-hydrogen) atoms. The molecular weight excluding hydrogens is 282 g/mol. The molecule has 0 aromatic heterocycles. The molecule has 1 aliphatic heterocycles. The summed E-state index contributed by atoms with van der Waals surface area (Å²) in [6.45, 7) is 3.87. The number of hydrogen-bond acceptors (Lipinski definition) is 3. The molecule has 0 spiro atoms. The summed E-state index contributed by atoms with van der Waals surface area (Å²) in [6.07, 6.45) is 0.847. The Labute approximate surface area is 129 Å². The highest BCUT2D eigenvalue weighted by Crippen LogP contribution is 2.18. The lowest BCUT2D eigenvalue weighted by atomic mass is 10.1. The summed E-state index contributed by atoms with van der Waals surface area (Å²) in [5.41, 5.74) is 2.85. The summed E-state index contributed by atoms with van der Waals surface area (Å²) in [5, 5.41) is 5.43. The van der Waals surface area contributed by atoms with E-state index in [9.17, 15) is 14.4 Å². The average Bonchev–Trinajstić information content (AvgIpc) is 2.89. The Balaban J connectivity index is 1.92. The molecular formula is C16H21N3O3. The Morgan fingerprint density at radius 2 is 2.09 bits per heavy atom. The highest BCUT2D eigenvalue weighted by atomic mass is 16.2. The molecule has 0 radical (unpaired) electrons. The van der Waals surface area contributed by atoms with Gasteiger partial charge in [-0.15, -0.1) is 0 Å². The number of nitrogens with zero attached hydrogens (tertiary/aromatic N) is 1. The predicted molar refractivity (Wildman–Crippen MR) is 83.3 cm³/mol. The van der Waals surface area contributed by atoms with Crippen molar-refractivity contribution in [3.63, 3.8) is 0 Å². The van der Waals surface area contributed by atoms with Crippen LogP contribution in [0.25, 0.3) is 0 Å². The molecule has 1 fully saturated rings. The van der Waals surface area contributed by atoms with E-state index in [0.29, 0.717) is 12.8 Å². The maximum atomic E-state index is 12.1. The fourth-order valence-electron chi connectivity index (χ4n) is 2.43. The van der Waals surface area contributed by atoms with Crippen LogP contribution in [0.2, 0.25) is 0 Å². The van der Waals surface area contributed by atoms with E-state index in [4.69, 9.17) is 0 Å². The van der Waals surface area contributed by atoms with Gasteiger partial charge in [0.15, 0.2) is 0 Å². The average molecular weight is 303 g/mol. The van der Waals surface area contributed by atoms with Gasteiger partial charge in [0.2, 0.25) is 17.7 Å². The van der Waals surface area contributed by atoms with Gasteiger partial charge in [-0.25, -0.2) is 0 Å². The molecule has 2 N–H and O–H groups in total. The molecule has 1 aliphatic rings. The first-order chi connectivity index (χ1) is 10.4. The number of nitrogens with one attached hydrogen (secondary N) is 2. The number of rotatable bonds is 4. The lowest BCUT2D eigenvalue weighted by molar-refractivity contribution is -0.135. The van der Waals surface area contributed by atoms with Crippen LogP contribution in [0.5, 0.6) is 0 Å². The zero-order valence-corrected chi connectivity index (χ0v) is 13.1. The Morgan fingerprint density at radius 1 is 1.36 bits per heavy atom. The van der Waals surface area contributed by atoms with Gasteiger partial charge < -0.3 is 15.5 Å². The van der Waals surface area contributed by atoms with Crippen molar-refractivity contribution < 1.29 is 14.4 Å². The van der Waals surface area contributed by atoms with Crippen molar-refractivity contribution in [3.05, 3.63) is 29.3 Å². The Kier molecular flexibility index (Phi) is 4.80. The van der Waals surface area contributed by atoms with Crippen LogP contribution in [-0.2, 0) is 14.4 Å². The number of anilines is 1. The third-order valence-corrected chi connectivity index (χ3v) is 3.93. The van der Waals surface area contributed by atoms with Gasteiger partial charge >= 0.3 is 0 Å². The molecule has 1 aromatic rings. The molecule has 0 bridgehead atoms. The van der Waals surface area contributed by atoms with Gasteiger partial charge in [-0.3, -0.25) is 14.4 Å². The summed E-state index contributed by atoms with van der Waals surface area (Å²) in [7, 11) is 1.56. The largest absolute Gasteiger partial charge is 0.344 e. The molecule has 118 valence electrons. The number of amides is 3. The van der Waals surface area contributed by atoms with Crippen LogP contribution in [0, 0.1) is 13.8 Å². The van der Waals surface area contributed by atoms with E-state index in [1.165, 1.54) is 4.90 Å². The van der Waals surface area contributed by atoms with Crippen molar-refractivity contribution in [3.8, 4) is 0 Å². The van der Waals surface area contributed by atoms with Gasteiger partial charge in [-0.2, -0.15) is 0 Å². The van der Waals surface area contributed by atoms with Crippen molar-refractivity contribution in [2.45, 2.75) is 32.7 Å². The second-order valence-electron chi connectivity index (χ2n) is 5.65. The molecule has 6 nitrogen and oxygen atoms in total. The van der Waals surface area contributed by atoms with Crippen LogP contribution in [0.4, 0.5) is 5.69 Å². The van der Waals surface area contributed by atoms with Gasteiger partial charge in [0.1, 0.15) is 6.04 Å². The zero-order valence-electron chi connectivity index (χ0n) is 13.1. The maximum Gasteiger partial charge on any atom is 0.245 e. The van der Waals surface area contributed by atoms with Crippen molar-refractivity contribution in [2.75, 3.05) is 18.9 Å². The van der Waals surface area contributed by atoms with E-state index in [1.807, 2.05) is 32.0 Å². The summed E-state index contributed by atoms with van der Waals surface area (Å²) < 4.78 is 0. The lowest BCUT2D eigenvalue weighted by Crippen LogP contribution is -2.45. The SMILES string of the molecule is Cc1cccc(NC(=O)CN(C)C(=O)[C@@H]2CCC(=O)N2)c1C. The Bertz CT molecular complexity index is 613. The molecule has 0 unspecified atom stereocenters. The van der Waals surface area contributed by atoms with E-state index in [2.05, 4.69) is 10.6 Å². The number of aryl methyl sites for hydroxylation is 1. The van der Waals surface area contributed by atoms with E-state index >= 15 is 0 Å². The summed E-state index contributed by atoms with van der Waals surface area (Å²) >= 11 is 0. The van der Waals surface area contributed by atoms with Gasteiger partial charge in [0.25, 0.3) is 0 Å². The standard InChI is InChI=1S/C16H21N3O3/c1-10-5-4-6-12(11(10)2)17-15(21)9-19(3)16(22)13-7-8-14(20)18-13/h4-6,13H,7-9H2,1-3H3,(H,17,21)(H,18,20)/t13-/m0/s1. The van der Waals surface area contributed by atoms with Crippen LogP contribution >= 0.6 is 0 Å². The van der Waals surface area contributed by atoms with Gasteiger partial charge in [-0.05, 0) is 37.5 Å². The first-order valence-corrected chi connectivity index (χ1v) is 7.29. The first-order valence-electron chi connectivity index (χ1n) is 7.29. The third-order valence-electron chi connectivity index (χ3n) is 3.93. The van der Waals surface area contributed by atoms with Crippen LogP contribution in [-0.4, -0.2) is 42.3 Å². The summed E-state index contributed by atoms with van der Waals surface area (Å²) in [4.78, 5) is 36.7. The first kappa shape index (κ1) is 16.0. The summed E-state index contributed by atoms with van der Waals surface area (Å²) in [5.74, 6) is -0.609. The minimum Gasteiger partial charge on any atom is -0.344 e. The number of carbonyl (C=O) groups is 3. The Hall–Kier alpha value is -2.37. The van der Waals surface area contributed by atoms with Crippen LogP contribution < -0.4 is 10.6 Å². The molecule has 3 amide bonds. The van der Waals surface area contributed by atoms with Gasteiger partial charge in [0, 0.05) is 19.2 Å². The second-order valence-corrected chi connectivity index (χ2v) is 5.65. The van der Waals surface area contributed by atoms with Crippen molar-refractivity contribution >= 4 is 23.4 Å². The Morgan fingerprint density at radius 3 is 2.73 bits per heavy atom. The van der Waals surface area contributed by atoms with Crippen molar-refractivity contribution in [2.24, 2.45) is 0 Å². The molecule has 1 saturated heterocycles. The third kappa shape index (κ3) is 3.63.